The number of allylic oxidation sites excluding steroid dienone is 1. The molecule has 0 unspecified atom stereocenters. The van der Waals surface area contributed by atoms with Crippen LogP contribution in [0.3, 0.4) is 0 Å². The summed E-state index contributed by atoms with van der Waals surface area (Å²) in [6.45, 7) is 6.25. The van der Waals surface area contributed by atoms with Gasteiger partial charge in [-0.1, -0.05) is 6.58 Å². The Balaban J connectivity index is 1.54. The van der Waals surface area contributed by atoms with E-state index in [9.17, 15) is 13.6 Å². The van der Waals surface area contributed by atoms with E-state index in [1.165, 1.54) is 36.5 Å². The number of carbonyl (C=O) groups is 1. The maximum atomic E-state index is 15.1. The fourth-order valence-corrected chi connectivity index (χ4v) is 4.39. The van der Waals surface area contributed by atoms with Crippen molar-refractivity contribution in [1.29, 1.82) is 0 Å². The van der Waals surface area contributed by atoms with Crippen LogP contribution in [0.5, 0.6) is 0 Å². The van der Waals surface area contributed by atoms with Crippen molar-refractivity contribution >= 4 is 28.1 Å². The number of hydrogen-bond donors (Lipinski definition) is 3. The summed E-state index contributed by atoms with van der Waals surface area (Å²) in [5.74, 6) is -6.19. The molecule has 3 aromatic rings. The molecule has 2 heterocycles. The monoisotopic (exact) mass is 476 g/mol. The number of alkyl halides is 2. The molecule has 1 aliphatic rings. The Hall–Kier alpha value is -3.24. The van der Waals surface area contributed by atoms with Crippen LogP contribution in [0.1, 0.15) is 32.1 Å². The van der Waals surface area contributed by atoms with Crippen LogP contribution in [0, 0.1) is 18.6 Å². The van der Waals surface area contributed by atoms with Crippen molar-refractivity contribution in [3.05, 3.63) is 87.6 Å². The fraction of sp³-hybridized carbons (Fsp3) is 0.217. The predicted octanol–water partition coefficient (Wildman–Crippen LogP) is 5.35. The van der Waals surface area contributed by atoms with Crippen molar-refractivity contribution in [3.8, 4) is 0 Å². The van der Waals surface area contributed by atoms with Gasteiger partial charge in [0.15, 0.2) is 5.13 Å². The van der Waals surface area contributed by atoms with Crippen molar-refractivity contribution in [1.82, 2.24) is 10.3 Å². The third-order valence-electron chi connectivity index (χ3n) is 5.22. The number of anilines is 2. The second kappa shape index (κ2) is 8.95. The van der Waals surface area contributed by atoms with Gasteiger partial charge in [0.2, 0.25) is 0 Å². The molecule has 5 nitrogen and oxygen atoms in total. The number of fused-ring (bicyclic) bond motifs is 1. The molecule has 0 atom stereocenters. The molecule has 3 N–H and O–H groups in total. The molecule has 1 amide bonds. The zero-order valence-electron chi connectivity index (χ0n) is 17.6. The highest BCUT2D eigenvalue weighted by Crippen LogP contribution is 2.38. The van der Waals surface area contributed by atoms with Crippen molar-refractivity contribution in [2.75, 3.05) is 17.2 Å². The van der Waals surface area contributed by atoms with Crippen LogP contribution in [0.2, 0.25) is 0 Å². The SMILES string of the molecule is C=C(Nc1nc2c(s1)CCNC2)C(F)(F)c1cc(C(=O)Nc2ccc(F)c(C)c2)ccc1F. The summed E-state index contributed by atoms with van der Waals surface area (Å²) in [5, 5.41) is 8.39. The number of amides is 1. The lowest BCUT2D eigenvalue weighted by molar-refractivity contribution is 0.0359. The maximum absolute atomic E-state index is 15.1. The first-order valence-corrected chi connectivity index (χ1v) is 10.9. The van der Waals surface area contributed by atoms with Crippen LogP contribution in [0.15, 0.2) is 48.7 Å². The normalized spacial score (nSPS) is 13.4. The number of halogens is 4. The quantitative estimate of drug-likeness (QED) is 0.420. The van der Waals surface area contributed by atoms with E-state index in [1.54, 1.807) is 0 Å². The van der Waals surface area contributed by atoms with Crippen LogP contribution in [-0.4, -0.2) is 17.4 Å². The van der Waals surface area contributed by atoms with Gasteiger partial charge in [0.05, 0.1) is 17.0 Å². The number of aromatic nitrogens is 1. The second-order valence-electron chi connectivity index (χ2n) is 7.61. The molecule has 2 aromatic carbocycles. The zero-order valence-corrected chi connectivity index (χ0v) is 18.4. The van der Waals surface area contributed by atoms with Crippen LogP contribution in [-0.2, 0) is 18.9 Å². The van der Waals surface area contributed by atoms with Crippen LogP contribution in [0.25, 0.3) is 0 Å². The van der Waals surface area contributed by atoms with Gasteiger partial charge in [0, 0.05) is 29.2 Å². The smallest absolute Gasteiger partial charge is 0.315 e. The molecule has 0 radical (unpaired) electrons. The van der Waals surface area contributed by atoms with E-state index < -0.39 is 34.7 Å². The van der Waals surface area contributed by atoms with Gasteiger partial charge in [0.1, 0.15) is 11.6 Å². The largest absolute Gasteiger partial charge is 0.330 e. The number of aryl methyl sites for hydroxylation is 1. The lowest BCUT2D eigenvalue weighted by atomic mass is 10.0. The molecule has 0 bridgehead atoms. The molecule has 172 valence electrons. The topological polar surface area (TPSA) is 66.0 Å². The van der Waals surface area contributed by atoms with Crippen molar-refractivity contribution in [3.63, 3.8) is 0 Å². The number of benzene rings is 2. The number of rotatable bonds is 6. The number of thiazole rings is 1. The molecule has 0 saturated carbocycles. The summed E-state index contributed by atoms with van der Waals surface area (Å²) in [5.41, 5.74) is -0.563. The summed E-state index contributed by atoms with van der Waals surface area (Å²) < 4.78 is 58.1. The lowest BCUT2D eigenvalue weighted by Gasteiger charge is -2.21. The Morgan fingerprint density at radius 1 is 1.15 bits per heavy atom. The summed E-state index contributed by atoms with van der Waals surface area (Å²) in [6.07, 6.45) is 0.747. The van der Waals surface area contributed by atoms with Crippen molar-refractivity contribution in [2.45, 2.75) is 25.8 Å². The van der Waals surface area contributed by atoms with E-state index >= 15 is 8.78 Å². The first kappa shape index (κ1) is 22.9. The molecule has 0 aliphatic carbocycles. The number of carbonyl (C=O) groups excluding carboxylic acids is 1. The van der Waals surface area contributed by atoms with E-state index in [-0.39, 0.29) is 16.4 Å². The van der Waals surface area contributed by atoms with Gasteiger partial charge in [-0.15, -0.1) is 11.3 Å². The van der Waals surface area contributed by atoms with Crippen LogP contribution < -0.4 is 16.0 Å². The maximum Gasteiger partial charge on any atom is 0.315 e. The summed E-state index contributed by atoms with van der Waals surface area (Å²) in [6, 6.07) is 6.60. The molecule has 1 aliphatic heterocycles. The van der Waals surface area contributed by atoms with Gasteiger partial charge in [-0.2, -0.15) is 8.78 Å². The molecule has 33 heavy (non-hydrogen) atoms. The van der Waals surface area contributed by atoms with E-state index in [0.29, 0.717) is 12.1 Å². The molecular weight excluding hydrogens is 456 g/mol. The van der Waals surface area contributed by atoms with Crippen LogP contribution in [0.4, 0.5) is 28.4 Å². The average Bonchev–Trinajstić information content (AvgIpc) is 3.18. The Bertz CT molecular complexity index is 1220. The summed E-state index contributed by atoms with van der Waals surface area (Å²) >= 11 is 1.25. The Morgan fingerprint density at radius 2 is 1.91 bits per heavy atom. The number of nitrogens with zero attached hydrogens (tertiary/aromatic N) is 1. The van der Waals surface area contributed by atoms with E-state index in [0.717, 1.165) is 41.7 Å². The number of hydrogen-bond acceptors (Lipinski definition) is 5. The van der Waals surface area contributed by atoms with E-state index in [4.69, 9.17) is 0 Å². The highest BCUT2D eigenvalue weighted by molar-refractivity contribution is 7.15. The molecule has 10 heteroatoms. The third kappa shape index (κ3) is 4.76. The highest BCUT2D eigenvalue weighted by Gasteiger charge is 2.39. The minimum absolute atomic E-state index is 0.184. The molecule has 1 aromatic heterocycles. The Morgan fingerprint density at radius 3 is 2.64 bits per heavy atom. The van der Waals surface area contributed by atoms with Gasteiger partial charge < -0.3 is 16.0 Å². The molecular formula is C23H20F4N4OS. The summed E-state index contributed by atoms with van der Waals surface area (Å²) in [4.78, 5) is 17.8. The number of nitrogens with one attached hydrogen (secondary N) is 3. The molecule has 4 rings (SSSR count). The lowest BCUT2D eigenvalue weighted by Crippen LogP contribution is -2.24. The fourth-order valence-electron chi connectivity index (χ4n) is 3.38. The molecule has 0 spiro atoms. The minimum Gasteiger partial charge on any atom is -0.330 e. The second-order valence-corrected chi connectivity index (χ2v) is 8.69. The van der Waals surface area contributed by atoms with Gasteiger partial charge in [-0.3, -0.25) is 4.79 Å². The Kier molecular flexibility index (Phi) is 6.22. The van der Waals surface area contributed by atoms with Crippen molar-refractivity contribution < 1.29 is 22.4 Å². The van der Waals surface area contributed by atoms with Crippen LogP contribution >= 0.6 is 11.3 Å². The van der Waals surface area contributed by atoms with Crippen molar-refractivity contribution in [2.24, 2.45) is 0 Å². The standard InChI is InChI=1S/C23H20F4N4OS/c1-12-9-15(4-6-17(12)24)30-21(32)14-3-5-18(25)16(10-14)23(26,27)13(2)29-22-31-19-11-28-8-7-20(19)33-22/h3-6,9-10,28H,2,7-8,11H2,1H3,(H,29,31)(H,30,32). The van der Waals surface area contributed by atoms with Gasteiger partial charge in [-0.25, -0.2) is 13.8 Å². The van der Waals surface area contributed by atoms with Gasteiger partial charge >= 0.3 is 5.92 Å². The molecule has 0 saturated heterocycles. The molecule has 0 fully saturated rings. The first-order valence-electron chi connectivity index (χ1n) is 10.1. The minimum atomic E-state index is -3.82. The Labute approximate surface area is 191 Å². The highest BCUT2D eigenvalue weighted by atomic mass is 32.1. The van der Waals surface area contributed by atoms with Gasteiger partial charge in [0.25, 0.3) is 5.91 Å². The average molecular weight is 476 g/mol. The van der Waals surface area contributed by atoms with E-state index in [2.05, 4.69) is 27.5 Å². The first-order chi connectivity index (χ1) is 15.6. The third-order valence-corrected chi connectivity index (χ3v) is 6.29. The zero-order chi connectivity index (χ0) is 23.8. The van der Waals surface area contributed by atoms with Gasteiger partial charge in [-0.05, 0) is 55.3 Å². The summed E-state index contributed by atoms with van der Waals surface area (Å²) in [7, 11) is 0. The predicted molar refractivity (Wildman–Crippen MR) is 120 cm³/mol. The van der Waals surface area contributed by atoms with E-state index in [1.807, 2.05) is 0 Å².